The molecule has 0 atom stereocenters. The minimum atomic E-state index is 0.582. The molecule has 2 aromatic heterocycles. The Morgan fingerprint density at radius 3 is 3.18 bits per heavy atom. The van der Waals surface area contributed by atoms with Crippen molar-refractivity contribution in [3.05, 3.63) is 17.8 Å². The predicted molar refractivity (Wildman–Crippen MR) is 46.6 cm³/mol. The van der Waals surface area contributed by atoms with Crippen molar-refractivity contribution < 1.29 is 0 Å². The number of rotatable bonds is 0. The lowest BCUT2D eigenvalue weighted by Crippen LogP contribution is -1.81. The van der Waals surface area contributed by atoms with Crippen LogP contribution < -0.4 is 5.73 Å². The van der Waals surface area contributed by atoms with E-state index in [1.54, 1.807) is 6.20 Å². The monoisotopic (exact) mass is 165 g/mol. The van der Waals surface area contributed by atoms with Gasteiger partial charge in [0.1, 0.15) is 0 Å². The van der Waals surface area contributed by atoms with E-state index in [-0.39, 0.29) is 0 Å². The molecular formula is C7H7N3S. The smallest absolute Gasteiger partial charge is 0.182 e. The van der Waals surface area contributed by atoms with E-state index in [2.05, 4.69) is 9.97 Å². The van der Waals surface area contributed by atoms with Crippen LogP contribution in [-0.2, 0) is 0 Å². The lowest BCUT2D eigenvalue weighted by atomic mass is 10.3. The minimum Gasteiger partial charge on any atom is -0.375 e. The van der Waals surface area contributed by atoms with Crippen LogP contribution in [0, 0.1) is 6.92 Å². The second kappa shape index (κ2) is 2.17. The number of aromatic nitrogens is 2. The van der Waals surface area contributed by atoms with Crippen LogP contribution in [0.4, 0.5) is 5.13 Å². The number of pyridine rings is 1. The van der Waals surface area contributed by atoms with Gasteiger partial charge in [0, 0.05) is 6.20 Å². The summed E-state index contributed by atoms with van der Waals surface area (Å²) in [4.78, 5) is 8.16. The summed E-state index contributed by atoms with van der Waals surface area (Å²) in [6, 6.07) is 2.04. The van der Waals surface area contributed by atoms with E-state index in [4.69, 9.17) is 5.73 Å². The Bertz CT molecular complexity index is 393. The Balaban J connectivity index is 2.82. The summed E-state index contributed by atoms with van der Waals surface area (Å²) in [5, 5.41) is 0.582. The van der Waals surface area contributed by atoms with Gasteiger partial charge in [-0.05, 0) is 18.6 Å². The van der Waals surface area contributed by atoms with Gasteiger partial charge >= 0.3 is 0 Å². The average Bonchev–Trinajstić information content (AvgIpc) is 2.27. The highest BCUT2D eigenvalue weighted by molar-refractivity contribution is 7.21. The van der Waals surface area contributed by atoms with Crippen molar-refractivity contribution in [1.82, 2.24) is 9.97 Å². The highest BCUT2D eigenvalue weighted by Crippen LogP contribution is 2.21. The van der Waals surface area contributed by atoms with Crippen LogP contribution in [0.15, 0.2) is 12.3 Å². The third-order valence-corrected chi connectivity index (χ3v) is 2.22. The molecule has 56 valence electrons. The summed E-state index contributed by atoms with van der Waals surface area (Å²) in [5.41, 5.74) is 7.40. The van der Waals surface area contributed by atoms with Gasteiger partial charge in [-0.1, -0.05) is 11.3 Å². The molecule has 0 radical (unpaired) electrons. The zero-order chi connectivity index (χ0) is 7.84. The Morgan fingerprint density at radius 2 is 2.36 bits per heavy atom. The second-order valence-corrected chi connectivity index (χ2v) is 3.45. The molecule has 0 bridgehead atoms. The third-order valence-electron chi connectivity index (χ3n) is 1.40. The first-order chi connectivity index (χ1) is 5.25. The van der Waals surface area contributed by atoms with Crippen molar-refractivity contribution >= 4 is 26.8 Å². The molecule has 0 aliphatic carbocycles. The molecule has 0 spiro atoms. The van der Waals surface area contributed by atoms with E-state index in [0.717, 1.165) is 15.9 Å². The molecule has 2 N–H and O–H groups in total. The molecule has 11 heavy (non-hydrogen) atoms. The molecule has 4 heteroatoms. The number of nitrogens with zero attached hydrogens (tertiary/aromatic N) is 2. The molecule has 0 unspecified atom stereocenters. The van der Waals surface area contributed by atoms with E-state index in [0.29, 0.717) is 5.13 Å². The van der Waals surface area contributed by atoms with Crippen LogP contribution in [0.25, 0.3) is 10.3 Å². The van der Waals surface area contributed by atoms with Crippen LogP contribution in [-0.4, -0.2) is 9.97 Å². The number of thiazole rings is 1. The maximum atomic E-state index is 5.51. The minimum absolute atomic E-state index is 0.582. The van der Waals surface area contributed by atoms with Gasteiger partial charge in [-0.15, -0.1) is 0 Å². The molecule has 0 saturated carbocycles. The third kappa shape index (κ3) is 1.05. The molecule has 2 heterocycles. The van der Waals surface area contributed by atoms with Crippen LogP contribution in [0.1, 0.15) is 5.56 Å². The highest BCUT2D eigenvalue weighted by atomic mass is 32.1. The number of hydrogen-bond acceptors (Lipinski definition) is 4. The summed E-state index contributed by atoms with van der Waals surface area (Å²) >= 11 is 1.47. The summed E-state index contributed by atoms with van der Waals surface area (Å²) in [7, 11) is 0. The van der Waals surface area contributed by atoms with Crippen molar-refractivity contribution in [2.75, 3.05) is 5.73 Å². The predicted octanol–water partition coefficient (Wildman–Crippen LogP) is 1.58. The van der Waals surface area contributed by atoms with Gasteiger partial charge in [0.05, 0.1) is 4.70 Å². The number of anilines is 1. The zero-order valence-electron chi connectivity index (χ0n) is 6.03. The van der Waals surface area contributed by atoms with Gasteiger partial charge in [0.25, 0.3) is 0 Å². The summed E-state index contributed by atoms with van der Waals surface area (Å²) in [6.45, 7) is 2.00. The van der Waals surface area contributed by atoms with Crippen molar-refractivity contribution in [3.63, 3.8) is 0 Å². The van der Waals surface area contributed by atoms with Gasteiger partial charge < -0.3 is 5.73 Å². The molecule has 3 nitrogen and oxygen atoms in total. The van der Waals surface area contributed by atoms with Gasteiger partial charge in [-0.2, -0.15) is 0 Å². The zero-order valence-corrected chi connectivity index (χ0v) is 6.85. The molecule has 0 amide bonds. The Hall–Kier alpha value is -1.16. The van der Waals surface area contributed by atoms with Gasteiger partial charge in [0.15, 0.2) is 10.8 Å². The van der Waals surface area contributed by atoms with Crippen LogP contribution in [0.5, 0.6) is 0 Å². The van der Waals surface area contributed by atoms with E-state index in [1.165, 1.54) is 11.3 Å². The fraction of sp³-hybridized carbons (Fsp3) is 0.143. The fourth-order valence-electron chi connectivity index (χ4n) is 0.934. The first-order valence-corrected chi connectivity index (χ1v) is 4.06. The summed E-state index contributed by atoms with van der Waals surface area (Å²) in [6.07, 6.45) is 1.79. The van der Waals surface area contributed by atoms with Crippen LogP contribution >= 0.6 is 11.3 Å². The fourth-order valence-corrected chi connectivity index (χ4v) is 1.73. The largest absolute Gasteiger partial charge is 0.375 e. The van der Waals surface area contributed by atoms with E-state index in [9.17, 15) is 0 Å². The topological polar surface area (TPSA) is 51.8 Å². The lowest BCUT2D eigenvalue weighted by Gasteiger charge is -1.87. The number of hydrogen-bond donors (Lipinski definition) is 1. The standard InChI is InChI=1S/C7H7N3S/c1-4-2-5-6(9-3-4)10-7(8)11-5/h2-3H,1H3,(H2,8,9,10). The average molecular weight is 165 g/mol. The quantitative estimate of drug-likeness (QED) is 0.644. The number of nitrogens with two attached hydrogens (primary N) is 1. The van der Waals surface area contributed by atoms with E-state index >= 15 is 0 Å². The lowest BCUT2D eigenvalue weighted by molar-refractivity contribution is 1.29. The van der Waals surface area contributed by atoms with Crippen molar-refractivity contribution in [2.45, 2.75) is 6.92 Å². The van der Waals surface area contributed by atoms with Gasteiger partial charge in [-0.25, -0.2) is 9.97 Å². The first kappa shape index (κ1) is 6.54. The van der Waals surface area contributed by atoms with Crippen molar-refractivity contribution in [2.24, 2.45) is 0 Å². The maximum Gasteiger partial charge on any atom is 0.182 e. The SMILES string of the molecule is Cc1cnc2nc(N)sc2c1. The number of nitrogen functional groups attached to an aromatic ring is 1. The maximum absolute atomic E-state index is 5.51. The normalized spacial score (nSPS) is 10.6. The molecular weight excluding hydrogens is 158 g/mol. The second-order valence-electron chi connectivity index (χ2n) is 2.39. The van der Waals surface area contributed by atoms with E-state index in [1.807, 2.05) is 13.0 Å². The van der Waals surface area contributed by atoms with Crippen molar-refractivity contribution in [3.8, 4) is 0 Å². The molecule has 2 rings (SSSR count). The van der Waals surface area contributed by atoms with Gasteiger partial charge in [-0.3, -0.25) is 0 Å². The molecule has 0 saturated heterocycles. The Labute approximate surface area is 67.9 Å². The Kier molecular flexibility index (Phi) is 1.29. The van der Waals surface area contributed by atoms with Crippen LogP contribution in [0.3, 0.4) is 0 Å². The molecule has 2 aromatic rings. The summed E-state index contributed by atoms with van der Waals surface area (Å²) < 4.78 is 1.06. The van der Waals surface area contributed by atoms with Crippen molar-refractivity contribution in [1.29, 1.82) is 0 Å². The number of aryl methyl sites for hydroxylation is 1. The Morgan fingerprint density at radius 1 is 1.55 bits per heavy atom. The number of fused-ring (bicyclic) bond motifs is 1. The molecule has 0 fully saturated rings. The van der Waals surface area contributed by atoms with Gasteiger partial charge in [0.2, 0.25) is 0 Å². The summed E-state index contributed by atoms with van der Waals surface area (Å²) in [5.74, 6) is 0. The molecule has 0 aliphatic rings. The molecule has 0 aliphatic heterocycles. The van der Waals surface area contributed by atoms with Crippen LogP contribution in [0.2, 0.25) is 0 Å². The molecule has 0 aromatic carbocycles. The first-order valence-electron chi connectivity index (χ1n) is 3.24. The highest BCUT2D eigenvalue weighted by Gasteiger charge is 2.00. The van der Waals surface area contributed by atoms with E-state index < -0.39 is 0 Å².